The third-order valence-electron chi connectivity index (χ3n) is 4.11. The molecule has 1 saturated heterocycles. The van der Waals surface area contributed by atoms with E-state index in [1.54, 1.807) is 13.2 Å². The van der Waals surface area contributed by atoms with E-state index in [1.807, 2.05) is 17.9 Å². The van der Waals surface area contributed by atoms with Gasteiger partial charge in [-0.3, -0.25) is 4.79 Å². The number of anilines is 1. The van der Waals surface area contributed by atoms with Crippen molar-refractivity contribution in [3.05, 3.63) is 23.4 Å². The number of ether oxygens (including phenoxy) is 1. The van der Waals surface area contributed by atoms with Gasteiger partial charge in [0.15, 0.2) is 0 Å². The smallest absolute Gasteiger partial charge is 0.254 e. The Bertz CT molecular complexity index is 484. The van der Waals surface area contributed by atoms with Crippen molar-refractivity contribution in [2.24, 2.45) is 11.8 Å². The molecule has 116 valence electrons. The summed E-state index contributed by atoms with van der Waals surface area (Å²) < 4.78 is 5.47. The van der Waals surface area contributed by atoms with E-state index in [9.17, 15) is 4.79 Å². The van der Waals surface area contributed by atoms with Crippen LogP contribution < -0.4 is 11.3 Å². The second-order valence-corrected chi connectivity index (χ2v) is 5.52. The molecule has 3 N–H and O–H groups in total. The minimum absolute atomic E-state index is 0.0116. The molecule has 1 aliphatic rings. The Labute approximate surface area is 125 Å². The summed E-state index contributed by atoms with van der Waals surface area (Å²) in [6.45, 7) is 5.55. The number of piperidine rings is 1. The van der Waals surface area contributed by atoms with Crippen molar-refractivity contribution in [3.63, 3.8) is 0 Å². The number of pyridine rings is 1. The van der Waals surface area contributed by atoms with Crippen LogP contribution in [0.3, 0.4) is 0 Å². The van der Waals surface area contributed by atoms with Gasteiger partial charge in [0, 0.05) is 31.5 Å². The minimum atomic E-state index is 0.0116. The molecular weight excluding hydrogens is 268 g/mol. The molecule has 2 unspecified atom stereocenters. The summed E-state index contributed by atoms with van der Waals surface area (Å²) in [7, 11) is 1.70. The maximum atomic E-state index is 12.7. The lowest BCUT2D eigenvalue weighted by atomic mass is 9.95. The maximum Gasteiger partial charge on any atom is 0.254 e. The zero-order chi connectivity index (χ0) is 15.4. The van der Waals surface area contributed by atoms with E-state index in [0.717, 1.165) is 25.1 Å². The van der Waals surface area contributed by atoms with Crippen molar-refractivity contribution in [1.29, 1.82) is 0 Å². The van der Waals surface area contributed by atoms with Gasteiger partial charge in [0.25, 0.3) is 5.91 Å². The Hall–Kier alpha value is -1.66. The van der Waals surface area contributed by atoms with E-state index < -0.39 is 0 Å². The highest BCUT2D eigenvalue weighted by atomic mass is 16.5. The average molecular weight is 292 g/mol. The van der Waals surface area contributed by atoms with Crippen LogP contribution in [0.25, 0.3) is 0 Å². The van der Waals surface area contributed by atoms with Gasteiger partial charge in [-0.15, -0.1) is 0 Å². The number of nitrogens with zero attached hydrogens (tertiary/aromatic N) is 2. The minimum Gasteiger partial charge on any atom is -0.379 e. The first-order valence-corrected chi connectivity index (χ1v) is 7.38. The zero-order valence-corrected chi connectivity index (χ0v) is 12.9. The number of carbonyl (C=O) groups is 1. The summed E-state index contributed by atoms with van der Waals surface area (Å²) in [6, 6.07) is 3.53. The van der Waals surface area contributed by atoms with Crippen LogP contribution in [0.15, 0.2) is 12.1 Å². The normalized spacial score (nSPS) is 22.2. The number of carbonyl (C=O) groups excluding carboxylic acids is 1. The van der Waals surface area contributed by atoms with Crippen LogP contribution in [0.5, 0.6) is 0 Å². The third-order valence-corrected chi connectivity index (χ3v) is 4.11. The van der Waals surface area contributed by atoms with Crippen LogP contribution in [-0.4, -0.2) is 42.1 Å². The van der Waals surface area contributed by atoms with E-state index in [0.29, 0.717) is 23.8 Å². The molecule has 1 aromatic heterocycles. The molecule has 2 heterocycles. The topological polar surface area (TPSA) is 80.5 Å². The number of hydrogen-bond donors (Lipinski definition) is 2. The summed E-state index contributed by atoms with van der Waals surface area (Å²) in [6.07, 6.45) is 1.81. The Morgan fingerprint density at radius 2 is 2.33 bits per heavy atom. The van der Waals surface area contributed by atoms with Crippen LogP contribution in [0, 0.1) is 5.92 Å². The van der Waals surface area contributed by atoms with Crippen LogP contribution in [0.4, 0.5) is 5.82 Å². The van der Waals surface area contributed by atoms with Gasteiger partial charge in [0.2, 0.25) is 0 Å². The van der Waals surface area contributed by atoms with E-state index in [-0.39, 0.29) is 12.0 Å². The highest BCUT2D eigenvalue weighted by Gasteiger charge is 2.29. The van der Waals surface area contributed by atoms with Gasteiger partial charge in [0.05, 0.1) is 6.10 Å². The SMILES string of the molecule is CCc1cc(C(=O)N2CCC(C)C(OC)C2)cc(NN)n1. The Balaban J connectivity index is 2.19. The Kier molecular flexibility index (Phi) is 5.14. The highest BCUT2D eigenvalue weighted by molar-refractivity contribution is 5.95. The second-order valence-electron chi connectivity index (χ2n) is 5.52. The van der Waals surface area contributed by atoms with E-state index in [2.05, 4.69) is 17.3 Å². The van der Waals surface area contributed by atoms with Gasteiger partial charge < -0.3 is 15.1 Å². The lowest BCUT2D eigenvalue weighted by molar-refractivity contribution is -0.00157. The van der Waals surface area contributed by atoms with Gasteiger partial charge in [-0.2, -0.15) is 0 Å². The molecule has 1 fully saturated rings. The molecule has 0 aromatic carbocycles. The standard InChI is InChI=1S/C15H24N4O2/c1-4-12-7-11(8-14(17-12)18-16)15(20)19-6-5-10(2)13(9-19)21-3/h7-8,10,13H,4-6,9,16H2,1-3H3,(H,17,18). The molecule has 1 aromatic rings. The number of likely N-dealkylation sites (tertiary alicyclic amines) is 1. The third kappa shape index (κ3) is 3.51. The molecule has 1 aliphatic heterocycles. The Morgan fingerprint density at radius 3 is 2.95 bits per heavy atom. The molecule has 2 atom stereocenters. The number of hydrogen-bond acceptors (Lipinski definition) is 5. The fraction of sp³-hybridized carbons (Fsp3) is 0.600. The number of amides is 1. The van der Waals surface area contributed by atoms with Crippen molar-refractivity contribution in [3.8, 4) is 0 Å². The van der Waals surface area contributed by atoms with Gasteiger partial charge in [-0.1, -0.05) is 13.8 Å². The van der Waals surface area contributed by atoms with Gasteiger partial charge >= 0.3 is 0 Å². The fourth-order valence-corrected chi connectivity index (χ4v) is 2.67. The van der Waals surface area contributed by atoms with E-state index >= 15 is 0 Å². The van der Waals surface area contributed by atoms with Gasteiger partial charge in [-0.25, -0.2) is 10.8 Å². The first-order chi connectivity index (χ1) is 10.1. The summed E-state index contributed by atoms with van der Waals surface area (Å²) in [5.74, 6) is 6.43. The van der Waals surface area contributed by atoms with Crippen molar-refractivity contribution in [1.82, 2.24) is 9.88 Å². The zero-order valence-electron chi connectivity index (χ0n) is 12.9. The van der Waals surface area contributed by atoms with Crippen LogP contribution in [0.2, 0.25) is 0 Å². The van der Waals surface area contributed by atoms with E-state index in [1.165, 1.54) is 0 Å². The summed E-state index contributed by atoms with van der Waals surface area (Å²) in [4.78, 5) is 18.8. The predicted octanol–water partition coefficient (Wildman–Crippen LogP) is 1.43. The monoisotopic (exact) mass is 292 g/mol. The number of hydrazine groups is 1. The van der Waals surface area contributed by atoms with Gasteiger partial charge in [0.1, 0.15) is 5.82 Å². The molecule has 21 heavy (non-hydrogen) atoms. The summed E-state index contributed by atoms with van der Waals surface area (Å²) in [5.41, 5.74) is 3.99. The summed E-state index contributed by atoms with van der Waals surface area (Å²) >= 11 is 0. The van der Waals surface area contributed by atoms with Crippen molar-refractivity contribution in [2.45, 2.75) is 32.8 Å². The number of rotatable bonds is 4. The molecule has 6 heteroatoms. The first kappa shape index (κ1) is 15.7. The first-order valence-electron chi connectivity index (χ1n) is 7.38. The molecule has 0 spiro atoms. The number of aromatic nitrogens is 1. The molecule has 0 aliphatic carbocycles. The number of nitrogens with two attached hydrogens (primary N) is 1. The summed E-state index contributed by atoms with van der Waals surface area (Å²) in [5, 5.41) is 0. The van der Waals surface area contributed by atoms with Gasteiger partial charge in [-0.05, 0) is 30.9 Å². The molecular formula is C15H24N4O2. The molecule has 0 saturated carbocycles. The lowest BCUT2D eigenvalue weighted by Gasteiger charge is -2.36. The lowest BCUT2D eigenvalue weighted by Crippen LogP contribution is -2.46. The second kappa shape index (κ2) is 6.87. The molecule has 0 radical (unpaired) electrons. The van der Waals surface area contributed by atoms with Crippen molar-refractivity contribution in [2.75, 3.05) is 25.6 Å². The number of nitrogens with one attached hydrogen (secondary N) is 1. The van der Waals surface area contributed by atoms with Crippen LogP contribution in [-0.2, 0) is 11.2 Å². The average Bonchev–Trinajstić information content (AvgIpc) is 2.54. The predicted molar refractivity (Wildman–Crippen MR) is 81.9 cm³/mol. The number of methoxy groups -OCH3 is 1. The Morgan fingerprint density at radius 1 is 1.57 bits per heavy atom. The van der Waals surface area contributed by atoms with Crippen molar-refractivity contribution >= 4 is 11.7 Å². The fourth-order valence-electron chi connectivity index (χ4n) is 2.67. The molecule has 2 rings (SSSR count). The van der Waals surface area contributed by atoms with E-state index in [4.69, 9.17) is 10.6 Å². The van der Waals surface area contributed by atoms with Crippen LogP contribution >= 0.6 is 0 Å². The highest BCUT2D eigenvalue weighted by Crippen LogP contribution is 2.22. The number of aryl methyl sites for hydroxylation is 1. The van der Waals surface area contributed by atoms with Crippen molar-refractivity contribution < 1.29 is 9.53 Å². The largest absolute Gasteiger partial charge is 0.379 e. The van der Waals surface area contributed by atoms with Crippen LogP contribution in [0.1, 0.15) is 36.3 Å². The number of nitrogen functional groups attached to an aromatic ring is 1. The maximum absolute atomic E-state index is 12.7. The molecule has 0 bridgehead atoms. The quantitative estimate of drug-likeness (QED) is 0.648. The molecule has 1 amide bonds. The molecule has 6 nitrogen and oxygen atoms in total.